The number of anilines is 2. The second kappa shape index (κ2) is 4.84. The van der Waals surface area contributed by atoms with E-state index in [1.165, 1.54) is 6.07 Å². The molecule has 2 rings (SSSR count). The minimum absolute atomic E-state index is 0.00215. The quantitative estimate of drug-likeness (QED) is 0.832. The van der Waals surface area contributed by atoms with E-state index >= 15 is 0 Å². The van der Waals surface area contributed by atoms with Crippen molar-refractivity contribution < 1.29 is 22.7 Å². The number of hydrogen-bond acceptors (Lipinski definition) is 5. The summed E-state index contributed by atoms with van der Waals surface area (Å²) in [4.78, 5) is 15.4. The number of pyridine rings is 1. The minimum atomic E-state index is -4.36. The van der Waals surface area contributed by atoms with Gasteiger partial charge in [0.05, 0.1) is 24.1 Å². The third kappa shape index (κ3) is 2.63. The predicted molar refractivity (Wildman–Crippen MR) is 66.2 cm³/mol. The molecule has 8 heteroatoms. The van der Waals surface area contributed by atoms with Gasteiger partial charge in [-0.1, -0.05) is 0 Å². The Labute approximate surface area is 113 Å². The molecule has 1 saturated carbocycles. The number of nitrogens with one attached hydrogen (secondary N) is 1. The molecule has 0 atom stereocenters. The van der Waals surface area contributed by atoms with Crippen molar-refractivity contribution in [2.75, 3.05) is 17.7 Å². The zero-order valence-corrected chi connectivity index (χ0v) is 10.8. The summed E-state index contributed by atoms with van der Waals surface area (Å²) in [7, 11) is 0. The first kappa shape index (κ1) is 14.4. The molecular weight excluding hydrogens is 275 g/mol. The Morgan fingerprint density at radius 3 is 2.70 bits per heavy atom. The van der Waals surface area contributed by atoms with Crippen LogP contribution in [0.2, 0.25) is 0 Å². The fraction of sp³-hybridized carbons (Fsp3) is 0.500. The maximum Gasteiger partial charge on any atom is 0.411 e. The standard InChI is InChI=1S/C12H14F3N3O2/c1-2-20-10(19)7-5-9(17-6-8(7)16)18-11(3-4-11)12(13,14)15/h5-6H,2-4,16H2,1H3,(H,17,18). The van der Waals surface area contributed by atoms with E-state index in [9.17, 15) is 18.0 Å². The van der Waals surface area contributed by atoms with E-state index in [2.05, 4.69) is 10.3 Å². The van der Waals surface area contributed by atoms with Gasteiger partial charge < -0.3 is 15.8 Å². The van der Waals surface area contributed by atoms with E-state index in [1.54, 1.807) is 6.92 Å². The van der Waals surface area contributed by atoms with Crippen LogP contribution in [0.5, 0.6) is 0 Å². The fourth-order valence-electron chi connectivity index (χ4n) is 1.77. The van der Waals surface area contributed by atoms with Gasteiger partial charge in [0, 0.05) is 0 Å². The Hall–Kier alpha value is -1.99. The van der Waals surface area contributed by atoms with Crippen molar-refractivity contribution in [1.29, 1.82) is 0 Å². The van der Waals surface area contributed by atoms with Crippen molar-refractivity contribution in [3.05, 3.63) is 17.8 Å². The van der Waals surface area contributed by atoms with E-state index < -0.39 is 17.7 Å². The number of hydrogen-bond donors (Lipinski definition) is 2. The molecule has 20 heavy (non-hydrogen) atoms. The molecule has 1 aromatic rings. The Morgan fingerprint density at radius 2 is 2.20 bits per heavy atom. The molecule has 1 aromatic heterocycles. The number of ether oxygens (including phenoxy) is 1. The number of carbonyl (C=O) groups excluding carboxylic acids is 1. The van der Waals surface area contributed by atoms with Gasteiger partial charge in [0.25, 0.3) is 0 Å². The second-order valence-corrected chi connectivity index (χ2v) is 4.58. The molecule has 0 radical (unpaired) electrons. The van der Waals surface area contributed by atoms with Gasteiger partial charge in [-0.2, -0.15) is 13.2 Å². The molecule has 0 amide bonds. The number of halogens is 3. The maximum absolute atomic E-state index is 12.8. The number of aromatic nitrogens is 1. The Morgan fingerprint density at radius 1 is 1.55 bits per heavy atom. The van der Waals surface area contributed by atoms with Crippen molar-refractivity contribution in [1.82, 2.24) is 4.98 Å². The lowest BCUT2D eigenvalue weighted by molar-refractivity contribution is -0.151. The van der Waals surface area contributed by atoms with E-state index in [0.717, 1.165) is 6.20 Å². The first-order valence-corrected chi connectivity index (χ1v) is 6.06. The molecule has 110 valence electrons. The van der Waals surface area contributed by atoms with Crippen molar-refractivity contribution in [2.45, 2.75) is 31.5 Å². The predicted octanol–water partition coefficient (Wildman–Crippen LogP) is 2.35. The first-order chi connectivity index (χ1) is 9.29. The van der Waals surface area contributed by atoms with Crippen LogP contribution >= 0.6 is 0 Å². The monoisotopic (exact) mass is 289 g/mol. The van der Waals surface area contributed by atoms with E-state index in [1.807, 2.05) is 0 Å². The van der Waals surface area contributed by atoms with Crippen LogP contribution in [0.15, 0.2) is 12.3 Å². The maximum atomic E-state index is 12.8. The van der Waals surface area contributed by atoms with Crippen LogP contribution in [-0.4, -0.2) is 29.3 Å². The summed E-state index contributed by atoms with van der Waals surface area (Å²) >= 11 is 0. The van der Waals surface area contributed by atoms with Crippen LogP contribution in [0.4, 0.5) is 24.7 Å². The molecule has 3 N–H and O–H groups in total. The van der Waals surface area contributed by atoms with Gasteiger partial charge in [-0.05, 0) is 25.8 Å². The smallest absolute Gasteiger partial charge is 0.411 e. The minimum Gasteiger partial charge on any atom is -0.462 e. The molecule has 0 aromatic carbocycles. The summed E-state index contributed by atoms with van der Waals surface area (Å²) in [6.45, 7) is 1.77. The number of rotatable bonds is 4. The highest BCUT2D eigenvalue weighted by atomic mass is 19.4. The third-order valence-corrected chi connectivity index (χ3v) is 3.09. The molecule has 0 unspecified atom stereocenters. The van der Waals surface area contributed by atoms with Crippen LogP contribution in [0.25, 0.3) is 0 Å². The van der Waals surface area contributed by atoms with Gasteiger partial charge in [-0.25, -0.2) is 9.78 Å². The third-order valence-electron chi connectivity index (χ3n) is 3.09. The second-order valence-electron chi connectivity index (χ2n) is 4.58. The molecule has 1 aliphatic rings. The summed E-state index contributed by atoms with van der Waals surface area (Å²) in [6, 6.07) is 1.18. The summed E-state index contributed by atoms with van der Waals surface area (Å²) in [5, 5.41) is 2.33. The van der Waals surface area contributed by atoms with Crippen LogP contribution in [0.1, 0.15) is 30.1 Å². The zero-order valence-electron chi connectivity index (χ0n) is 10.8. The molecule has 0 spiro atoms. The SMILES string of the molecule is CCOC(=O)c1cc(NC2(C(F)(F)F)CC2)ncc1N. The summed E-state index contributed by atoms with van der Waals surface area (Å²) < 4.78 is 43.3. The lowest BCUT2D eigenvalue weighted by atomic mass is 10.2. The average molecular weight is 289 g/mol. The number of nitrogens with zero attached hydrogens (tertiary/aromatic N) is 1. The number of nitrogen functional groups attached to an aromatic ring is 1. The Balaban J connectivity index is 2.22. The molecule has 1 fully saturated rings. The van der Waals surface area contributed by atoms with Gasteiger partial charge in [0.15, 0.2) is 0 Å². The largest absolute Gasteiger partial charge is 0.462 e. The molecule has 0 saturated heterocycles. The lowest BCUT2D eigenvalue weighted by Crippen LogP contribution is -2.39. The summed E-state index contributed by atoms with van der Waals surface area (Å²) in [6.07, 6.45) is -3.25. The first-order valence-electron chi connectivity index (χ1n) is 6.06. The van der Waals surface area contributed by atoms with Crippen molar-refractivity contribution in [2.24, 2.45) is 0 Å². The fourth-order valence-corrected chi connectivity index (χ4v) is 1.77. The van der Waals surface area contributed by atoms with Crippen LogP contribution < -0.4 is 11.1 Å². The van der Waals surface area contributed by atoms with Crippen LogP contribution in [0, 0.1) is 0 Å². The molecule has 1 aliphatic carbocycles. The van der Waals surface area contributed by atoms with Crippen LogP contribution in [-0.2, 0) is 4.74 Å². The van der Waals surface area contributed by atoms with Crippen molar-refractivity contribution in [3.8, 4) is 0 Å². The van der Waals surface area contributed by atoms with Gasteiger partial charge in [0.2, 0.25) is 0 Å². The highest BCUT2D eigenvalue weighted by Gasteiger charge is 2.63. The summed E-state index contributed by atoms with van der Waals surface area (Å²) in [5.74, 6) is -0.732. The normalized spacial score (nSPS) is 16.6. The number of carbonyl (C=O) groups is 1. The van der Waals surface area contributed by atoms with E-state index in [-0.39, 0.29) is 36.5 Å². The van der Waals surface area contributed by atoms with Crippen LogP contribution in [0.3, 0.4) is 0 Å². The topological polar surface area (TPSA) is 77.2 Å². The van der Waals surface area contributed by atoms with Gasteiger partial charge in [-0.15, -0.1) is 0 Å². The van der Waals surface area contributed by atoms with Gasteiger partial charge in [-0.3, -0.25) is 0 Å². The molecule has 1 heterocycles. The number of nitrogens with two attached hydrogens (primary N) is 1. The molecule has 5 nitrogen and oxygen atoms in total. The van der Waals surface area contributed by atoms with Crippen molar-refractivity contribution in [3.63, 3.8) is 0 Å². The lowest BCUT2D eigenvalue weighted by Gasteiger charge is -2.21. The van der Waals surface area contributed by atoms with E-state index in [0.29, 0.717) is 0 Å². The highest BCUT2D eigenvalue weighted by molar-refractivity contribution is 5.95. The van der Waals surface area contributed by atoms with E-state index in [4.69, 9.17) is 10.5 Å². The molecular formula is C12H14F3N3O2. The number of alkyl halides is 3. The highest BCUT2D eigenvalue weighted by Crippen LogP contribution is 2.51. The molecule has 0 bridgehead atoms. The zero-order chi connectivity index (χ0) is 15.0. The molecule has 0 aliphatic heterocycles. The number of esters is 1. The Kier molecular flexibility index (Phi) is 3.49. The Bertz CT molecular complexity index is 527. The van der Waals surface area contributed by atoms with Crippen molar-refractivity contribution >= 4 is 17.5 Å². The van der Waals surface area contributed by atoms with Gasteiger partial charge in [0.1, 0.15) is 11.4 Å². The van der Waals surface area contributed by atoms with Gasteiger partial charge >= 0.3 is 12.1 Å². The summed E-state index contributed by atoms with van der Waals surface area (Å²) in [5.41, 5.74) is 3.69. The average Bonchev–Trinajstić information content (AvgIpc) is 3.12.